The summed E-state index contributed by atoms with van der Waals surface area (Å²) in [4.78, 5) is 0. The maximum absolute atomic E-state index is 5.83. The molecule has 0 saturated heterocycles. The van der Waals surface area contributed by atoms with Gasteiger partial charge >= 0.3 is 0 Å². The van der Waals surface area contributed by atoms with Gasteiger partial charge in [0.2, 0.25) is 0 Å². The van der Waals surface area contributed by atoms with Gasteiger partial charge in [-0.25, -0.2) is 5.43 Å². The Morgan fingerprint density at radius 1 is 1.47 bits per heavy atom. The molecular formula is C12H22N4O. The first-order chi connectivity index (χ1) is 8.23. The summed E-state index contributed by atoms with van der Waals surface area (Å²) in [6.45, 7) is 0. The molecule has 1 atom stereocenters. The fourth-order valence-corrected chi connectivity index (χ4v) is 2.93. The number of nitrogens with two attached hydrogens (primary N) is 1. The van der Waals surface area contributed by atoms with Gasteiger partial charge in [0.05, 0.1) is 17.3 Å². The predicted molar refractivity (Wildman–Crippen MR) is 66.1 cm³/mol. The van der Waals surface area contributed by atoms with Gasteiger partial charge in [0, 0.05) is 20.4 Å². The van der Waals surface area contributed by atoms with E-state index in [1.807, 2.05) is 17.8 Å². The van der Waals surface area contributed by atoms with Crippen LogP contribution in [0.15, 0.2) is 12.3 Å². The monoisotopic (exact) mass is 238 g/mol. The maximum Gasteiger partial charge on any atom is 0.0918 e. The van der Waals surface area contributed by atoms with E-state index in [4.69, 9.17) is 10.6 Å². The molecule has 1 heterocycles. The number of rotatable bonds is 4. The van der Waals surface area contributed by atoms with Gasteiger partial charge in [-0.2, -0.15) is 5.10 Å². The second-order valence-corrected chi connectivity index (χ2v) is 4.81. The number of aromatic nitrogens is 2. The summed E-state index contributed by atoms with van der Waals surface area (Å²) in [5.41, 5.74) is 3.81. The first-order valence-electron chi connectivity index (χ1n) is 6.23. The number of hydrazine groups is 1. The third-order valence-electron chi connectivity index (χ3n) is 3.95. The van der Waals surface area contributed by atoms with Crippen molar-refractivity contribution in [3.05, 3.63) is 18.0 Å². The molecule has 0 spiro atoms. The molecule has 0 bridgehead atoms. The number of aryl methyl sites for hydroxylation is 1. The molecule has 1 aromatic rings. The summed E-state index contributed by atoms with van der Waals surface area (Å²) in [5.74, 6) is 5.75. The van der Waals surface area contributed by atoms with E-state index < -0.39 is 0 Å². The lowest BCUT2D eigenvalue weighted by Gasteiger charge is -2.42. The highest BCUT2D eigenvalue weighted by Gasteiger charge is 2.41. The number of ether oxygens (including phenoxy) is 1. The van der Waals surface area contributed by atoms with E-state index in [1.165, 1.54) is 19.3 Å². The molecular weight excluding hydrogens is 216 g/mol. The van der Waals surface area contributed by atoms with Gasteiger partial charge in [0.15, 0.2) is 0 Å². The Morgan fingerprint density at radius 3 is 2.65 bits per heavy atom. The van der Waals surface area contributed by atoms with E-state index in [-0.39, 0.29) is 11.6 Å². The number of hydrogen-bond donors (Lipinski definition) is 2. The molecule has 3 N–H and O–H groups in total. The largest absolute Gasteiger partial charge is 0.376 e. The zero-order valence-electron chi connectivity index (χ0n) is 10.6. The summed E-state index contributed by atoms with van der Waals surface area (Å²) in [7, 11) is 3.72. The van der Waals surface area contributed by atoms with Crippen LogP contribution < -0.4 is 11.3 Å². The number of nitrogens with one attached hydrogen (secondary N) is 1. The molecule has 0 aromatic carbocycles. The van der Waals surface area contributed by atoms with Crippen LogP contribution in [0.3, 0.4) is 0 Å². The molecule has 17 heavy (non-hydrogen) atoms. The average molecular weight is 238 g/mol. The Hall–Kier alpha value is -0.910. The van der Waals surface area contributed by atoms with E-state index in [0.717, 1.165) is 18.5 Å². The molecule has 0 amide bonds. The minimum Gasteiger partial charge on any atom is -0.376 e. The van der Waals surface area contributed by atoms with E-state index >= 15 is 0 Å². The standard InChI is InChI=1S/C12H22N4O/c1-16-10(6-9-14-16)11(15-13)12(17-2)7-4-3-5-8-12/h6,9,11,15H,3-5,7-8,13H2,1-2H3. The van der Waals surface area contributed by atoms with Crippen LogP contribution in [0.4, 0.5) is 0 Å². The van der Waals surface area contributed by atoms with Crippen molar-refractivity contribution >= 4 is 0 Å². The van der Waals surface area contributed by atoms with Gasteiger partial charge in [-0.05, 0) is 18.9 Å². The first kappa shape index (κ1) is 12.5. The summed E-state index contributed by atoms with van der Waals surface area (Å²) in [5, 5.41) is 4.21. The maximum atomic E-state index is 5.83. The van der Waals surface area contributed by atoms with Gasteiger partial charge in [0.25, 0.3) is 0 Å². The number of methoxy groups -OCH3 is 1. The number of hydrogen-bond acceptors (Lipinski definition) is 4. The van der Waals surface area contributed by atoms with Crippen LogP contribution in [0.1, 0.15) is 43.8 Å². The second-order valence-electron chi connectivity index (χ2n) is 4.81. The molecule has 96 valence electrons. The highest BCUT2D eigenvalue weighted by molar-refractivity contribution is 5.13. The zero-order chi connectivity index (χ0) is 12.3. The van der Waals surface area contributed by atoms with Crippen LogP contribution in [-0.2, 0) is 11.8 Å². The third-order valence-corrected chi connectivity index (χ3v) is 3.95. The minimum atomic E-state index is -0.194. The van der Waals surface area contributed by atoms with E-state index in [0.29, 0.717) is 0 Å². The van der Waals surface area contributed by atoms with Gasteiger partial charge in [-0.15, -0.1) is 0 Å². The van der Waals surface area contributed by atoms with Gasteiger partial charge < -0.3 is 4.74 Å². The van der Waals surface area contributed by atoms with E-state index in [2.05, 4.69) is 10.5 Å². The van der Waals surface area contributed by atoms with Crippen molar-refractivity contribution in [1.29, 1.82) is 0 Å². The second kappa shape index (κ2) is 5.16. The van der Waals surface area contributed by atoms with Crippen molar-refractivity contribution in [3.8, 4) is 0 Å². The van der Waals surface area contributed by atoms with Crippen LogP contribution in [0.2, 0.25) is 0 Å². The van der Waals surface area contributed by atoms with Crippen molar-refractivity contribution in [2.75, 3.05) is 7.11 Å². The predicted octanol–water partition coefficient (Wildman–Crippen LogP) is 1.27. The molecule has 0 aliphatic heterocycles. The third kappa shape index (κ3) is 2.22. The molecule has 5 nitrogen and oxygen atoms in total. The summed E-state index contributed by atoms with van der Waals surface area (Å²) in [6.07, 6.45) is 7.57. The molecule has 2 rings (SSSR count). The quantitative estimate of drug-likeness (QED) is 0.612. The minimum absolute atomic E-state index is 0.000278. The van der Waals surface area contributed by atoms with Crippen LogP contribution in [0.5, 0.6) is 0 Å². The lowest BCUT2D eigenvalue weighted by atomic mass is 9.78. The fraction of sp³-hybridized carbons (Fsp3) is 0.750. The Kier molecular flexibility index (Phi) is 3.81. The van der Waals surface area contributed by atoms with E-state index in [9.17, 15) is 0 Å². The van der Waals surface area contributed by atoms with E-state index in [1.54, 1.807) is 13.3 Å². The van der Waals surface area contributed by atoms with Crippen LogP contribution in [0.25, 0.3) is 0 Å². The highest BCUT2D eigenvalue weighted by Crippen LogP contribution is 2.40. The Bertz CT molecular complexity index is 357. The molecule has 1 unspecified atom stereocenters. The van der Waals surface area contributed by atoms with Crippen molar-refractivity contribution in [2.24, 2.45) is 12.9 Å². The lowest BCUT2D eigenvalue weighted by Crippen LogP contribution is -2.49. The molecule has 5 heteroatoms. The lowest BCUT2D eigenvalue weighted by molar-refractivity contribution is -0.0706. The summed E-state index contributed by atoms with van der Waals surface area (Å²) in [6, 6.07) is 2.00. The number of nitrogens with zero attached hydrogens (tertiary/aromatic N) is 2. The van der Waals surface area contributed by atoms with Crippen molar-refractivity contribution < 1.29 is 4.74 Å². The molecule has 1 fully saturated rings. The van der Waals surface area contributed by atoms with Crippen molar-refractivity contribution in [3.63, 3.8) is 0 Å². The average Bonchev–Trinajstić information content (AvgIpc) is 2.78. The molecule has 1 aliphatic carbocycles. The smallest absolute Gasteiger partial charge is 0.0918 e. The molecule has 0 radical (unpaired) electrons. The summed E-state index contributed by atoms with van der Waals surface area (Å²) < 4.78 is 7.69. The van der Waals surface area contributed by atoms with Gasteiger partial charge in [0.1, 0.15) is 0 Å². The molecule has 1 aromatic heterocycles. The Morgan fingerprint density at radius 2 is 2.18 bits per heavy atom. The SMILES string of the molecule is COC1(C(NN)c2ccnn2C)CCCCC1. The highest BCUT2D eigenvalue weighted by atomic mass is 16.5. The molecule has 1 saturated carbocycles. The van der Waals surface area contributed by atoms with Crippen LogP contribution in [0, 0.1) is 0 Å². The fourth-order valence-electron chi connectivity index (χ4n) is 2.93. The van der Waals surface area contributed by atoms with Gasteiger partial charge in [-0.1, -0.05) is 19.3 Å². The normalized spacial score (nSPS) is 21.4. The van der Waals surface area contributed by atoms with Crippen LogP contribution in [-0.4, -0.2) is 22.5 Å². The first-order valence-corrected chi connectivity index (χ1v) is 6.23. The summed E-state index contributed by atoms with van der Waals surface area (Å²) >= 11 is 0. The van der Waals surface area contributed by atoms with Crippen molar-refractivity contribution in [2.45, 2.75) is 43.7 Å². The van der Waals surface area contributed by atoms with Crippen molar-refractivity contribution in [1.82, 2.24) is 15.2 Å². The Labute approximate surface area is 102 Å². The molecule has 1 aliphatic rings. The van der Waals surface area contributed by atoms with Gasteiger partial charge in [-0.3, -0.25) is 10.5 Å². The van der Waals surface area contributed by atoms with Crippen LogP contribution >= 0.6 is 0 Å². The topological polar surface area (TPSA) is 65.1 Å². The Balaban J connectivity index is 2.29. The zero-order valence-corrected chi connectivity index (χ0v) is 10.6.